The van der Waals surface area contributed by atoms with Crippen LogP contribution in [0.25, 0.3) is 17.0 Å². The zero-order valence-electron chi connectivity index (χ0n) is 12.3. The van der Waals surface area contributed by atoms with E-state index in [4.69, 9.17) is 23.9 Å². The number of para-hydroxylation sites is 1. The highest BCUT2D eigenvalue weighted by atomic mass is 16.6. The summed E-state index contributed by atoms with van der Waals surface area (Å²) in [4.78, 5) is 11.8. The van der Waals surface area contributed by atoms with Crippen molar-refractivity contribution in [1.82, 2.24) is 0 Å². The Morgan fingerprint density at radius 2 is 2.18 bits per heavy atom. The molecule has 0 aliphatic rings. The van der Waals surface area contributed by atoms with E-state index >= 15 is 0 Å². The normalized spacial score (nSPS) is 11.2. The fourth-order valence-electron chi connectivity index (χ4n) is 1.86. The van der Waals surface area contributed by atoms with E-state index in [0.717, 1.165) is 5.39 Å². The number of hydrogen-bond donors (Lipinski definition) is 0. The van der Waals surface area contributed by atoms with Gasteiger partial charge in [0, 0.05) is 18.6 Å². The highest BCUT2D eigenvalue weighted by molar-refractivity contribution is 5.98. The lowest BCUT2D eigenvalue weighted by molar-refractivity contribution is -0.139. The number of benzene rings is 1. The number of nitriles is 1. The summed E-state index contributed by atoms with van der Waals surface area (Å²) in [6.45, 7) is 0.356. The first-order valence-corrected chi connectivity index (χ1v) is 6.54. The summed E-state index contributed by atoms with van der Waals surface area (Å²) in [6.07, 6.45) is 1.34. The van der Waals surface area contributed by atoms with Crippen molar-refractivity contribution in [2.24, 2.45) is 0 Å². The number of ether oxygens (including phenoxy) is 3. The number of nitrogens with zero attached hydrogens (tertiary/aromatic N) is 1. The zero-order valence-corrected chi connectivity index (χ0v) is 12.3. The van der Waals surface area contributed by atoms with Crippen molar-refractivity contribution in [3.8, 4) is 11.8 Å². The van der Waals surface area contributed by atoms with Crippen molar-refractivity contribution in [3.63, 3.8) is 0 Å². The molecule has 0 aliphatic carbocycles. The molecule has 0 unspecified atom stereocenters. The van der Waals surface area contributed by atoms with E-state index < -0.39 is 5.97 Å². The fraction of sp³-hybridized carbons (Fsp3) is 0.250. The van der Waals surface area contributed by atoms with Crippen LogP contribution in [-0.4, -0.2) is 33.4 Å². The number of carbonyl (C=O) groups is 1. The van der Waals surface area contributed by atoms with Gasteiger partial charge in [-0.15, -0.1) is 0 Å². The van der Waals surface area contributed by atoms with Crippen LogP contribution < -0.4 is 4.74 Å². The Hall–Kier alpha value is -2.78. The summed E-state index contributed by atoms with van der Waals surface area (Å²) in [5, 5.41) is 9.89. The molecule has 0 radical (unpaired) electrons. The Bertz CT molecular complexity index is 739. The van der Waals surface area contributed by atoms with Crippen LogP contribution in [-0.2, 0) is 14.3 Å². The molecule has 6 heteroatoms. The van der Waals surface area contributed by atoms with Crippen LogP contribution in [0.15, 0.2) is 34.3 Å². The second kappa shape index (κ2) is 7.29. The van der Waals surface area contributed by atoms with Gasteiger partial charge in [0.15, 0.2) is 11.3 Å². The fourth-order valence-corrected chi connectivity index (χ4v) is 1.86. The predicted molar refractivity (Wildman–Crippen MR) is 79.2 cm³/mol. The van der Waals surface area contributed by atoms with Crippen molar-refractivity contribution >= 4 is 23.0 Å². The zero-order chi connectivity index (χ0) is 15.9. The van der Waals surface area contributed by atoms with Crippen LogP contribution in [0.3, 0.4) is 0 Å². The molecule has 1 aromatic heterocycles. The monoisotopic (exact) mass is 301 g/mol. The van der Waals surface area contributed by atoms with Gasteiger partial charge in [0.05, 0.1) is 13.7 Å². The third-order valence-electron chi connectivity index (χ3n) is 2.89. The molecule has 0 aliphatic heterocycles. The molecule has 114 valence electrons. The van der Waals surface area contributed by atoms with Crippen molar-refractivity contribution in [2.45, 2.75) is 0 Å². The van der Waals surface area contributed by atoms with Crippen LogP contribution in [0.2, 0.25) is 0 Å². The van der Waals surface area contributed by atoms with Crippen LogP contribution in [0.5, 0.6) is 5.75 Å². The molecule has 1 heterocycles. The summed E-state index contributed by atoms with van der Waals surface area (Å²) in [5.74, 6) is 0.241. The van der Waals surface area contributed by atoms with Gasteiger partial charge in [0.2, 0.25) is 0 Å². The second-order valence-electron chi connectivity index (χ2n) is 4.33. The van der Waals surface area contributed by atoms with Gasteiger partial charge in [-0.2, -0.15) is 5.26 Å². The summed E-state index contributed by atoms with van der Waals surface area (Å²) >= 11 is 0. The molecule has 0 saturated carbocycles. The number of furan rings is 1. The van der Waals surface area contributed by atoms with E-state index in [0.29, 0.717) is 17.1 Å². The van der Waals surface area contributed by atoms with E-state index in [9.17, 15) is 4.79 Å². The highest BCUT2D eigenvalue weighted by Crippen LogP contribution is 2.29. The molecule has 0 bridgehead atoms. The number of methoxy groups -OCH3 is 2. The molecule has 2 rings (SSSR count). The van der Waals surface area contributed by atoms with Crippen molar-refractivity contribution in [3.05, 3.63) is 35.6 Å². The Morgan fingerprint density at radius 1 is 1.36 bits per heavy atom. The quantitative estimate of drug-likeness (QED) is 0.353. The number of hydrogen-bond acceptors (Lipinski definition) is 6. The molecule has 0 amide bonds. The lowest BCUT2D eigenvalue weighted by Gasteiger charge is -2.01. The Labute approximate surface area is 127 Å². The first-order chi connectivity index (χ1) is 10.7. The third kappa shape index (κ3) is 3.45. The second-order valence-corrected chi connectivity index (χ2v) is 4.33. The Morgan fingerprint density at radius 3 is 2.86 bits per heavy atom. The number of rotatable bonds is 6. The van der Waals surface area contributed by atoms with E-state index in [2.05, 4.69) is 0 Å². The van der Waals surface area contributed by atoms with E-state index in [1.165, 1.54) is 13.2 Å². The summed E-state index contributed by atoms with van der Waals surface area (Å²) < 4.78 is 20.5. The van der Waals surface area contributed by atoms with Gasteiger partial charge in [-0.05, 0) is 12.1 Å². The Balaban J connectivity index is 2.26. The van der Waals surface area contributed by atoms with Gasteiger partial charge in [-0.1, -0.05) is 12.1 Å². The third-order valence-corrected chi connectivity index (χ3v) is 2.89. The molecule has 0 fully saturated rings. The molecule has 6 nitrogen and oxygen atoms in total. The standard InChI is InChI=1S/C16H15NO5/c1-19-6-7-21-16(18)12(10-17)9-13-8-11-4-3-5-14(20-2)15(11)22-13/h3-5,8-9H,6-7H2,1-2H3. The molecule has 2 aromatic rings. The largest absolute Gasteiger partial charge is 0.493 e. The molecule has 0 spiro atoms. The minimum absolute atomic E-state index is 0.0856. The van der Waals surface area contributed by atoms with Gasteiger partial charge in [-0.3, -0.25) is 0 Å². The van der Waals surface area contributed by atoms with Crippen LogP contribution in [0.1, 0.15) is 5.76 Å². The highest BCUT2D eigenvalue weighted by Gasteiger charge is 2.13. The Kier molecular flexibility index (Phi) is 5.17. The van der Waals surface area contributed by atoms with Gasteiger partial charge in [0.1, 0.15) is 24.0 Å². The topological polar surface area (TPSA) is 81.7 Å². The van der Waals surface area contributed by atoms with Crippen LogP contribution in [0.4, 0.5) is 0 Å². The van der Waals surface area contributed by atoms with Gasteiger partial charge in [0.25, 0.3) is 0 Å². The minimum Gasteiger partial charge on any atom is -0.493 e. The van der Waals surface area contributed by atoms with Crippen molar-refractivity contribution < 1.29 is 23.4 Å². The molecule has 22 heavy (non-hydrogen) atoms. The molecule has 0 atom stereocenters. The maximum atomic E-state index is 11.8. The van der Waals surface area contributed by atoms with E-state index in [-0.39, 0.29) is 18.8 Å². The maximum Gasteiger partial charge on any atom is 0.349 e. The molecule has 1 aromatic carbocycles. The number of carbonyl (C=O) groups excluding carboxylic acids is 1. The van der Waals surface area contributed by atoms with Gasteiger partial charge >= 0.3 is 5.97 Å². The molecule has 0 saturated heterocycles. The lowest BCUT2D eigenvalue weighted by atomic mass is 10.2. The molecular weight excluding hydrogens is 286 g/mol. The molecule has 0 N–H and O–H groups in total. The lowest BCUT2D eigenvalue weighted by Crippen LogP contribution is -2.11. The van der Waals surface area contributed by atoms with Crippen molar-refractivity contribution in [2.75, 3.05) is 27.4 Å². The number of fused-ring (bicyclic) bond motifs is 1. The minimum atomic E-state index is -0.716. The number of esters is 1. The maximum absolute atomic E-state index is 11.8. The summed E-state index contributed by atoms with van der Waals surface area (Å²) in [7, 11) is 3.04. The van der Waals surface area contributed by atoms with E-state index in [1.807, 2.05) is 12.1 Å². The smallest absolute Gasteiger partial charge is 0.349 e. The average molecular weight is 301 g/mol. The average Bonchev–Trinajstić information content (AvgIpc) is 2.95. The summed E-state index contributed by atoms with van der Waals surface area (Å²) in [6, 6.07) is 8.97. The van der Waals surface area contributed by atoms with E-state index in [1.54, 1.807) is 25.3 Å². The van der Waals surface area contributed by atoms with Crippen LogP contribution in [0, 0.1) is 11.3 Å². The van der Waals surface area contributed by atoms with Gasteiger partial charge < -0.3 is 18.6 Å². The first-order valence-electron chi connectivity index (χ1n) is 6.54. The van der Waals surface area contributed by atoms with Crippen LogP contribution >= 0.6 is 0 Å². The summed E-state index contributed by atoms with van der Waals surface area (Å²) in [5.41, 5.74) is 0.412. The van der Waals surface area contributed by atoms with Crippen molar-refractivity contribution in [1.29, 1.82) is 5.26 Å². The SMILES string of the molecule is COCCOC(=O)C(C#N)=Cc1cc2cccc(OC)c2o1. The first kappa shape index (κ1) is 15.6. The molecular formula is C16H15NO5. The van der Waals surface area contributed by atoms with Gasteiger partial charge in [-0.25, -0.2) is 4.79 Å². The predicted octanol–water partition coefficient (Wildman–Crippen LogP) is 2.54.